The lowest BCUT2D eigenvalue weighted by molar-refractivity contribution is -0.275. The van der Waals surface area contributed by atoms with Crippen molar-refractivity contribution in [3.05, 3.63) is 23.8 Å². The fourth-order valence-electron chi connectivity index (χ4n) is 1.11. The second kappa shape index (κ2) is 5.61. The maximum absolute atomic E-state index is 12.1. The first-order chi connectivity index (χ1) is 8.67. The van der Waals surface area contributed by atoms with E-state index >= 15 is 0 Å². The van der Waals surface area contributed by atoms with Gasteiger partial charge in [-0.25, -0.2) is 4.39 Å². The molecule has 0 fully saturated rings. The molecule has 0 unspecified atom stereocenters. The molecule has 1 rings (SSSR count). The molecule has 1 aromatic rings. The van der Waals surface area contributed by atoms with Crippen molar-refractivity contribution in [2.24, 2.45) is 5.73 Å². The van der Waals surface area contributed by atoms with E-state index in [-0.39, 0.29) is 12.1 Å². The summed E-state index contributed by atoms with van der Waals surface area (Å²) in [5.74, 6) is -1.68. The normalized spacial score (nSPS) is 12.3. The molecule has 5 nitrogen and oxygen atoms in total. The van der Waals surface area contributed by atoms with Crippen molar-refractivity contribution in [3.63, 3.8) is 0 Å². The van der Waals surface area contributed by atoms with Crippen LogP contribution in [0.4, 0.5) is 17.6 Å². The van der Waals surface area contributed by atoms with Crippen LogP contribution in [0.5, 0.6) is 11.5 Å². The van der Waals surface area contributed by atoms with E-state index in [1.54, 1.807) is 0 Å². The van der Waals surface area contributed by atoms with E-state index in [9.17, 15) is 26.0 Å². The zero-order chi connectivity index (χ0) is 14.7. The van der Waals surface area contributed by atoms with Crippen LogP contribution in [-0.4, -0.2) is 20.8 Å². The maximum atomic E-state index is 12.1. The average Bonchev–Trinajstić information content (AvgIpc) is 2.29. The van der Waals surface area contributed by atoms with E-state index in [1.807, 2.05) is 0 Å². The van der Waals surface area contributed by atoms with Crippen LogP contribution in [0.1, 0.15) is 5.56 Å². The van der Waals surface area contributed by atoms with Crippen molar-refractivity contribution in [2.45, 2.75) is 12.9 Å². The fraction of sp³-hybridized carbons (Fsp3) is 0.333. The second-order valence-electron chi connectivity index (χ2n) is 3.28. The van der Waals surface area contributed by atoms with E-state index < -0.39 is 34.0 Å². The van der Waals surface area contributed by atoms with Crippen LogP contribution in [0, 0.1) is 0 Å². The van der Waals surface area contributed by atoms with Crippen LogP contribution in [-0.2, 0) is 16.7 Å². The minimum absolute atomic E-state index is 0.0929. The predicted octanol–water partition coefficient (Wildman–Crippen LogP) is 1.68. The Kier molecular flexibility index (Phi) is 4.58. The minimum atomic E-state index is -5.05. The van der Waals surface area contributed by atoms with Gasteiger partial charge in [0, 0.05) is 6.54 Å². The van der Waals surface area contributed by atoms with Crippen LogP contribution >= 0.6 is 0 Å². The zero-order valence-electron chi connectivity index (χ0n) is 9.28. The lowest BCUT2D eigenvalue weighted by atomic mass is 10.2. The highest BCUT2D eigenvalue weighted by molar-refractivity contribution is 7.86. The molecule has 0 amide bonds. The zero-order valence-corrected chi connectivity index (χ0v) is 10.1. The Balaban J connectivity index is 3.16. The number of alkyl halides is 4. The summed E-state index contributed by atoms with van der Waals surface area (Å²) in [5.41, 5.74) is 5.48. The van der Waals surface area contributed by atoms with Gasteiger partial charge in [-0.3, -0.25) is 0 Å². The Bertz CT molecular complexity index is 544. The molecule has 108 valence electrons. The third kappa shape index (κ3) is 4.91. The van der Waals surface area contributed by atoms with Gasteiger partial charge in [-0.1, -0.05) is 6.07 Å². The third-order valence-electron chi connectivity index (χ3n) is 1.82. The Labute approximate surface area is 106 Å². The molecular formula is C9H9F4NO4S. The van der Waals surface area contributed by atoms with Crippen LogP contribution in [0.2, 0.25) is 0 Å². The molecule has 0 radical (unpaired) electrons. The summed E-state index contributed by atoms with van der Waals surface area (Å²) in [6.45, 7) is -0.0929. The Morgan fingerprint density at radius 3 is 2.32 bits per heavy atom. The smallest absolute Gasteiger partial charge is 0.402 e. The first-order valence-electron chi connectivity index (χ1n) is 4.74. The largest absolute Gasteiger partial charge is 0.573 e. The predicted molar refractivity (Wildman–Crippen MR) is 56.5 cm³/mol. The average molecular weight is 303 g/mol. The number of nitrogens with two attached hydrogens (primary N) is 1. The van der Waals surface area contributed by atoms with Crippen LogP contribution in [0.3, 0.4) is 0 Å². The Hall–Kier alpha value is -1.55. The van der Waals surface area contributed by atoms with Crippen molar-refractivity contribution < 1.29 is 34.9 Å². The maximum Gasteiger partial charge on any atom is 0.573 e. The van der Waals surface area contributed by atoms with Crippen molar-refractivity contribution >= 4 is 10.1 Å². The van der Waals surface area contributed by atoms with Crippen LogP contribution in [0.25, 0.3) is 0 Å². The molecule has 0 aliphatic carbocycles. The molecule has 0 saturated heterocycles. The lowest BCUT2D eigenvalue weighted by Gasteiger charge is -2.14. The number of benzene rings is 1. The number of hydrogen-bond acceptors (Lipinski definition) is 5. The minimum Gasteiger partial charge on any atom is -0.402 e. The van der Waals surface area contributed by atoms with E-state index in [1.165, 1.54) is 6.07 Å². The van der Waals surface area contributed by atoms with Gasteiger partial charge in [-0.05, 0) is 17.7 Å². The molecule has 0 atom stereocenters. The highest BCUT2D eigenvalue weighted by atomic mass is 32.2. The molecule has 10 heteroatoms. The number of hydrogen-bond donors (Lipinski definition) is 1. The van der Waals surface area contributed by atoms with Gasteiger partial charge in [-0.15, -0.1) is 13.2 Å². The molecule has 0 heterocycles. The topological polar surface area (TPSA) is 78.6 Å². The van der Waals surface area contributed by atoms with Gasteiger partial charge in [0.2, 0.25) is 6.01 Å². The van der Waals surface area contributed by atoms with Crippen LogP contribution in [0.15, 0.2) is 18.2 Å². The summed E-state index contributed by atoms with van der Waals surface area (Å²) in [6, 6.07) is 1.11. The molecule has 0 aromatic heterocycles. The van der Waals surface area contributed by atoms with Gasteiger partial charge in [-0.2, -0.15) is 8.42 Å². The van der Waals surface area contributed by atoms with Gasteiger partial charge in [0.25, 0.3) is 0 Å². The molecule has 0 bridgehead atoms. The highest BCUT2D eigenvalue weighted by Crippen LogP contribution is 2.34. The van der Waals surface area contributed by atoms with Gasteiger partial charge >= 0.3 is 16.5 Å². The van der Waals surface area contributed by atoms with E-state index in [0.717, 1.165) is 12.1 Å². The van der Waals surface area contributed by atoms with Crippen molar-refractivity contribution in [3.8, 4) is 11.5 Å². The SMILES string of the molecule is NCc1ccc(OS(=O)(=O)CF)c(OC(F)(F)F)c1. The first-order valence-corrected chi connectivity index (χ1v) is 6.31. The van der Waals surface area contributed by atoms with Gasteiger partial charge < -0.3 is 14.7 Å². The fourth-order valence-corrected chi connectivity index (χ4v) is 1.57. The van der Waals surface area contributed by atoms with Gasteiger partial charge in [0.15, 0.2) is 11.5 Å². The van der Waals surface area contributed by atoms with E-state index in [4.69, 9.17) is 5.73 Å². The molecule has 2 N–H and O–H groups in total. The van der Waals surface area contributed by atoms with Gasteiger partial charge in [0.05, 0.1) is 0 Å². The molecule has 0 aliphatic rings. The third-order valence-corrected chi connectivity index (χ3v) is 2.52. The molecule has 19 heavy (non-hydrogen) atoms. The number of rotatable bonds is 5. The summed E-state index contributed by atoms with van der Waals surface area (Å²) >= 11 is 0. The highest BCUT2D eigenvalue weighted by Gasteiger charge is 2.33. The lowest BCUT2D eigenvalue weighted by Crippen LogP contribution is -2.19. The molecule has 0 aliphatic heterocycles. The van der Waals surface area contributed by atoms with E-state index in [0.29, 0.717) is 0 Å². The summed E-state index contributed by atoms with van der Waals surface area (Å²) in [7, 11) is -4.62. The Morgan fingerprint density at radius 1 is 1.21 bits per heavy atom. The van der Waals surface area contributed by atoms with Crippen molar-refractivity contribution in [1.29, 1.82) is 0 Å². The first kappa shape index (κ1) is 15.5. The molecule has 1 aromatic carbocycles. The summed E-state index contributed by atoms with van der Waals surface area (Å²) in [4.78, 5) is 0. The standard InChI is InChI=1S/C9H9F4NO4S/c10-5-19(15,16)18-7-2-1-6(4-14)3-8(7)17-9(11,12)13/h1-3H,4-5,14H2. The quantitative estimate of drug-likeness (QED) is 0.661. The van der Waals surface area contributed by atoms with E-state index in [2.05, 4.69) is 8.92 Å². The molecule has 0 saturated carbocycles. The van der Waals surface area contributed by atoms with Crippen molar-refractivity contribution in [1.82, 2.24) is 0 Å². The molecular weight excluding hydrogens is 294 g/mol. The summed E-state index contributed by atoms with van der Waals surface area (Å²) < 4.78 is 78.0. The number of halogens is 4. The summed E-state index contributed by atoms with van der Waals surface area (Å²) in [6.07, 6.45) is -5.05. The molecule has 0 spiro atoms. The van der Waals surface area contributed by atoms with Crippen LogP contribution < -0.4 is 14.7 Å². The van der Waals surface area contributed by atoms with Gasteiger partial charge in [0.1, 0.15) is 0 Å². The number of ether oxygens (including phenoxy) is 1. The summed E-state index contributed by atoms with van der Waals surface area (Å²) in [5, 5.41) is 0. The second-order valence-corrected chi connectivity index (χ2v) is 4.78. The Morgan fingerprint density at radius 2 is 1.84 bits per heavy atom. The van der Waals surface area contributed by atoms with Crippen molar-refractivity contribution in [2.75, 3.05) is 6.01 Å². The monoisotopic (exact) mass is 303 g/mol.